The molecule has 0 radical (unpaired) electrons. The summed E-state index contributed by atoms with van der Waals surface area (Å²) in [5.74, 6) is -31.2. The number of benzene rings is 2. The smallest absolute Gasteiger partial charge is 0.344 e. The van der Waals surface area contributed by atoms with E-state index in [0.29, 0.717) is 0 Å². The second-order valence-corrected chi connectivity index (χ2v) is 8.85. The first-order chi connectivity index (χ1) is 20.6. The lowest BCUT2D eigenvalue weighted by Gasteiger charge is -2.46. The largest absolute Gasteiger partial charge is 0.476 e. The molecule has 2 aliphatic rings. The molecule has 0 bridgehead atoms. The molecular weight excluding hydrogens is 638 g/mol. The minimum Gasteiger partial charge on any atom is -0.476 e. The first-order valence-corrected chi connectivity index (χ1v) is 11.9. The Kier molecular flexibility index (Phi) is 9.76. The van der Waals surface area contributed by atoms with Crippen LogP contribution in [-0.4, -0.2) is 73.9 Å². The second-order valence-electron chi connectivity index (χ2n) is 8.85. The molecule has 44 heavy (non-hydrogen) atoms. The fourth-order valence-electron chi connectivity index (χ4n) is 4.00. The van der Waals surface area contributed by atoms with Crippen molar-refractivity contribution in [2.24, 2.45) is 0 Å². The quantitative estimate of drug-likeness (QED) is 0.197. The lowest BCUT2D eigenvalue weighted by atomic mass is 9.97. The maximum Gasteiger partial charge on any atom is 0.344 e. The molecule has 2 heterocycles. The van der Waals surface area contributed by atoms with Crippen molar-refractivity contribution < 1.29 is 91.8 Å². The molecule has 1 N–H and O–H groups in total. The average Bonchev–Trinajstić information content (AvgIpc) is 2.99. The summed E-state index contributed by atoms with van der Waals surface area (Å²) >= 11 is 0. The maximum absolute atomic E-state index is 13.9. The molecule has 4 rings (SSSR count). The minimum absolute atomic E-state index is 0.304. The number of halogens is 10. The molecule has 2 aliphatic heterocycles. The van der Waals surface area contributed by atoms with Gasteiger partial charge in [0.15, 0.2) is 49.5 Å². The Hall–Kier alpha value is -3.88. The van der Waals surface area contributed by atoms with E-state index >= 15 is 0 Å². The van der Waals surface area contributed by atoms with E-state index in [-0.39, 0.29) is 6.61 Å². The number of hydrogen-bond acceptors (Lipinski definition) is 10. The van der Waals surface area contributed by atoms with Crippen molar-refractivity contribution in [3.8, 4) is 11.5 Å². The highest BCUT2D eigenvalue weighted by molar-refractivity contribution is 5.72. The molecule has 0 aliphatic carbocycles. The molecule has 242 valence electrons. The van der Waals surface area contributed by atoms with Crippen LogP contribution < -0.4 is 9.47 Å². The van der Waals surface area contributed by atoms with Crippen LogP contribution in [0, 0.1) is 58.2 Å². The van der Waals surface area contributed by atoms with Crippen LogP contribution in [0.25, 0.3) is 0 Å². The van der Waals surface area contributed by atoms with Gasteiger partial charge in [0.05, 0.1) is 6.61 Å². The third-order valence-corrected chi connectivity index (χ3v) is 6.00. The van der Waals surface area contributed by atoms with Gasteiger partial charge in [0.1, 0.15) is 12.2 Å². The van der Waals surface area contributed by atoms with Crippen molar-refractivity contribution in [3.63, 3.8) is 0 Å². The van der Waals surface area contributed by atoms with E-state index in [1.807, 2.05) is 0 Å². The zero-order chi connectivity index (χ0) is 32.6. The third kappa shape index (κ3) is 6.33. The van der Waals surface area contributed by atoms with E-state index < -0.39 is 132 Å². The first-order valence-electron chi connectivity index (χ1n) is 11.9. The summed E-state index contributed by atoms with van der Waals surface area (Å²) in [6.07, 6.45) is -9.87. The van der Waals surface area contributed by atoms with Crippen LogP contribution in [0.3, 0.4) is 0 Å². The van der Waals surface area contributed by atoms with E-state index in [1.165, 1.54) is 6.92 Å². The summed E-state index contributed by atoms with van der Waals surface area (Å²) in [5.41, 5.74) is 0. The standard InChI is InChI=1S/C24H16F10O10/c1-5-38-2-6-19(41-5)22(43-7(35)3-39-20-15(31)11(27)9(25)12(28)16(20)32)23(24(37)42-6)44-8(36)4-40-21-17(33)13(29)10(26)14(30)18(21)34/h5-6,19,22-24,37H,2-4H2,1H3/t5-,6-,19-,22+,23-,24?/m1/s1. The number of aliphatic hydroxyl groups excluding tert-OH is 1. The van der Waals surface area contributed by atoms with Crippen molar-refractivity contribution in [3.05, 3.63) is 58.2 Å². The van der Waals surface area contributed by atoms with Gasteiger partial charge in [-0.2, -0.15) is 17.6 Å². The van der Waals surface area contributed by atoms with Gasteiger partial charge in [0.2, 0.25) is 58.2 Å². The lowest BCUT2D eigenvalue weighted by molar-refractivity contribution is -0.350. The Morgan fingerprint density at radius 2 is 1.05 bits per heavy atom. The Morgan fingerprint density at radius 1 is 0.659 bits per heavy atom. The van der Waals surface area contributed by atoms with E-state index in [2.05, 4.69) is 9.47 Å². The summed E-state index contributed by atoms with van der Waals surface area (Å²) in [6, 6.07) is 0. The molecule has 0 spiro atoms. The molecular formula is C24H16F10O10. The Balaban J connectivity index is 1.51. The summed E-state index contributed by atoms with van der Waals surface area (Å²) < 4.78 is 170. The van der Waals surface area contributed by atoms with Gasteiger partial charge >= 0.3 is 11.9 Å². The zero-order valence-electron chi connectivity index (χ0n) is 21.5. The highest BCUT2D eigenvalue weighted by Gasteiger charge is 2.53. The van der Waals surface area contributed by atoms with Crippen LogP contribution in [0.4, 0.5) is 43.9 Å². The van der Waals surface area contributed by atoms with Crippen molar-refractivity contribution in [2.75, 3.05) is 19.8 Å². The van der Waals surface area contributed by atoms with E-state index in [0.717, 1.165) is 0 Å². The van der Waals surface area contributed by atoms with Gasteiger partial charge < -0.3 is 38.3 Å². The predicted molar refractivity (Wildman–Crippen MR) is 114 cm³/mol. The van der Waals surface area contributed by atoms with Gasteiger partial charge in [-0.1, -0.05) is 0 Å². The predicted octanol–water partition coefficient (Wildman–Crippen LogP) is 2.84. The third-order valence-electron chi connectivity index (χ3n) is 6.00. The zero-order valence-corrected chi connectivity index (χ0v) is 21.5. The Morgan fingerprint density at radius 3 is 1.48 bits per heavy atom. The molecule has 2 saturated heterocycles. The Bertz CT molecular complexity index is 1400. The van der Waals surface area contributed by atoms with Crippen molar-refractivity contribution in [1.29, 1.82) is 0 Å². The van der Waals surface area contributed by atoms with Gasteiger partial charge in [-0.05, 0) is 6.92 Å². The molecule has 20 heteroatoms. The molecule has 2 aromatic rings. The van der Waals surface area contributed by atoms with Crippen molar-refractivity contribution in [2.45, 2.75) is 43.9 Å². The first kappa shape index (κ1) is 33.0. The number of esters is 2. The highest BCUT2D eigenvalue weighted by atomic mass is 19.2. The second kappa shape index (κ2) is 13.0. The molecule has 2 aromatic carbocycles. The Labute approximate surface area is 237 Å². The van der Waals surface area contributed by atoms with E-state index in [9.17, 15) is 58.6 Å². The molecule has 2 fully saturated rings. The van der Waals surface area contributed by atoms with Gasteiger partial charge in [0.25, 0.3) is 0 Å². The monoisotopic (exact) mass is 654 g/mol. The van der Waals surface area contributed by atoms with Crippen molar-refractivity contribution in [1.82, 2.24) is 0 Å². The van der Waals surface area contributed by atoms with Gasteiger partial charge in [0, 0.05) is 0 Å². The van der Waals surface area contributed by atoms with Crippen LogP contribution in [-0.2, 0) is 33.3 Å². The normalized spacial score (nSPS) is 24.8. The topological polar surface area (TPSA) is 119 Å². The lowest BCUT2D eigenvalue weighted by Crippen LogP contribution is -2.64. The van der Waals surface area contributed by atoms with Gasteiger partial charge in [-0.25, -0.2) is 35.9 Å². The molecule has 0 aromatic heterocycles. The number of carbonyl (C=O) groups is 2. The number of rotatable bonds is 8. The highest BCUT2D eigenvalue weighted by Crippen LogP contribution is 2.33. The van der Waals surface area contributed by atoms with Gasteiger partial charge in [-0.15, -0.1) is 0 Å². The van der Waals surface area contributed by atoms with Crippen LogP contribution >= 0.6 is 0 Å². The van der Waals surface area contributed by atoms with Crippen LogP contribution in [0.15, 0.2) is 0 Å². The van der Waals surface area contributed by atoms with Crippen molar-refractivity contribution >= 4 is 11.9 Å². The number of fused-ring (bicyclic) bond motifs is 1. The molecule has 0 saturated carbocycles. The van der Waals surface area contributed by atoms with Gasteiger partial charge in [-0.3, -0.25) is 0 Å². The van der Waals surface area contributed by atoms with Crippen LogP contribution in [0.2, 0.25) is 0 Å². The maximum atomic E-state index is 13.9. The minimum atomic E-state index is -2.51. The number of carbonyl (C=O) groups excluding carboxylic acids is 2. The fraction of sp³-hybridized carbons (Fsp3) is 0.417. The summed E-state index contributed by atoms with van der Waals surface area (Å²) in [4.78, 5) is 24.9. The molecule has 0 amide bonds. The summed E-state index contributed by atoms with van der Waals surface area (Å²) in [6.45, 7) is -2.01. The van der Waals surface area contributed by atoms with E-state index in [4.69, 9.17) is 23.7 Å². The number of aliphatic hydroxyl groups is 1. The van der Waals surface area contributed by atoms with Crippen LogP contribution in [0.1, 0.15) is 6.92 Å². The molecule has 6 atom stereocenters. The summed E-state index contributed by atoms with van der Waals surface area (Å²) in [7, 11) is 0. The fourth-order valence-corrected chi connectivity index (χ4v) is 4.00. The van der Waals surface area contributed by atoms with E-state index in [1.54, 1.807) is 0 Å². The molecule has 10 nitrogen and oxygen atoms in total. The SMILES string of the molecule is C[C@@H]1OC[C@H]2OC(O)[C@H](OC(=O)COc3c(F)c(F)c(F)c(F)c3F)[C@@H](OC(=O)COc3c(F)c(F)c(F)c(F)c3F)[C@@H]2O1. The summed E-state index contributed by atoms with van der Waals surface area (Å²) in [5, 5.41) is 10.4. The number of hydrogen-bond donors (Lipinski definition) is 1. The molecule has 1 unspecified atom stereocenters. The average molecular weight is 654 g/mol. The van der Waals surface area contributed by atoms with Crippen LogP contribution in [0.5, 0.6) is 11.5 Å². The number of ether oxygens (including phenoxy) is 7.